The number of hydrogen-bond acceptors (Lipinski definition) is 2. The zero-order valence-corrected chi connectivity index (χ0v) is 19.3. The number of ether oxygens (including phenoxy) is 2. The Morgan fingerprint density at radius 3 is 1.86 bits per heavy atom. The lowest BCUT2D eigenvalue weighted by Crippen LogP contribution is -2.16. The van der Waals surface area contributed by atoms with Crippen molar-refractivity contribution in [3.8, 4) is 22.6 Å². The van der Waals surface area contributed by atoms with Crippen LogP contribution >= 0.6 is 0 Å². The molecule has 0 bridgehead atoms. The Balaban J connectivity index is 1.47. The molecule has 0 unspecified atom stereocenters. The Morgan fingerprint density at radius 1 is 0.778 bits per heavy atom. The van der Waals surface area contributed by atoms with Crippen LogP contribution in [0.5, 0.6) is 11.5 Å². The molecule has 0 spiro atoms. The van der Waals surface area contributed by atoms with Gasteiger partial charge >= 0.3 is 6.36 Å². The third kappa shape index (κ3) is 6.12. The molecule has 0 aliphatic heterocycles. The fourth-order valence-electron chi connectivity index (χ4n) is 4.51. The predicted molar refractivity (Wildman–Crippen MR) is 120 cm³/mol. The SMILES string of the molecule is CC1CCC(c2cc(F)c(OCc3cc(F)c(-c4ccc(OC(F)(F)F)cc4)c(F)c3)c(F)c2)CC1. The molecule has 3 aromatic rings. The lowest BCUT2D eigenvalue weighted by atomic mass is 9.79. The fraction of sp³-hybridized carbons (Fsp3) is 0.333. The summed E-state index contributed by atoms with van der Waals surface area (Å²) in [6.07, 6.45) is -1.21. The number of alkyl halides is 3. The Morgan fingerprint density at radius 2 is 1.33 bits per heavy atom. The molecule has 1 saturated carbocycles. The number of rotatable bonds is 6. The van der Waals surface area contributed by atoms with Crippen LogP contribution in [0.4, 0.5) is 30.7 Å². The highest BCUT2D eigenvalue weighted by Gasteiger charge is 2.31. The summed E-state index contributed by atoms with van der Waals surface area (Å²) in [6.45, 7) is 1.65. The van der Waals surface area contributed by atoms with Gasteiger partial charge in [-0.25, -0.2) is 17.6 Å². The zero-order chi connectivity index (χ0) is 26.0. The molecular weight excluding hydrogens is 489 g/mol. The molecule has 0 saturated heterocycles. The molecule has 36 heavy (non-hydrogen) atoms. The molecule has 0 aromatic heterocycles. The highest BCUT2D eigenvalue weighted by Crippen LogP contribution is 2.38. The van der Waals surface area contributed by atoms with Gasteiger partial charge in [-0.3, -0.25) is 0 Å². The standard InChI is InChI=1S/C27H23F7O2/c1-15-2-4-17(5-3-15)19-12-23(30)26(24(31)13-19)35-14-16-10-21(28)25(22(29)11-16)18-6-8-20(9-7-18)36-27(32,33)34/h6-13,15,17H,2-5,14H2,1H3. The fourth-order valence-corrected chi connectivity index (χ4v) is 4.51. The lowest BCUT2D eigenvalue weighted by molar-refractivity contribution is -0.274. The lowest BCUT2D eigenvalue weighted by Gasteiger charge is -2.26. The molecule has 0 N–H and O–H groups in total. The van der Waals surface area contributed by atoms with Gasteiger partial charge in [0.15, 0.2) is 17.4 Å². The van der Waals surface area contributed by atoms with Gasteiger partial charge in [0.25, 0.3) is 0 Å². The van der Waals surface area contributed by atoms with Crippen LogP contribution in [0.1, 0.15) is 49.7 Å². The molecule has 1 fully saturated rings. The van der Waals surface area contributed by atoms with Crippen molar-refractivity contribution in [3.63, 3.8) is 0 Å². The van der Waals surface area contributed by atoms with E-state index < -0.39 is 53.3 Å². The van der Waals surface area contributed by atoms with E-state index in [0.29, 0.717) is 11.5 Å². The maximum absolute atomic E-state index is 14.7. The van der Waals surface area contributed by atoms with Crippen LogP contribution in [0.15, 0.2) is 48.5 Å². The van der Waals surface area contributed by atoms with E-state index in [-0.39, 0.29) is 17.0 Å². The first kappa shape index (κ1) is 25.9. The van der Waals surface area contributed by atoms with Gasteiger partial charge < -0.3 is 9.47 Å². The van der Waals surface area contributed by atoms with Crippen LogP contribution < -0.4 is 9.47 Å². The molecule has 9 heteroatoms. The summed E-state index contributed by atoms with van der Waals surface area (Å²) >= 11 is 0. The van der Waals surface area contributed by atoms with E-state index in [1.807, 2.05) is 0 Å². The zero-order valence-electron chi connectivity index (χ0n) is 19.3. The van der Waals surface area contributed by atoms with Crippen LogP contribution in [0.3, 0.4) is 0 Å². The quantitative estimate of drug-likeness (QED) is 0.308. The first-order chi connectivity index (χ1) is 17.0. The minimum absolute atomic E-state index is 0.0169. The number of hydrogen-bond donors (Lipinski definition) is 0. The normalized spacial score (nSPS) is 18.2. The van der Waals surface area contributed by atoms with Crippen LogP contribution in [-0.4, -0.2) is 6.36 Å². The van der Waals surface area contributed by atoms with Crippen LogP contribution in [0.2, 0.25) is 0 Å². The number of halogens is 7. The molecule has 0 atom stereocenters. The first-order valence-corrected chi connectivity index (χ1v) is 11.5. The second-order valence-electron chi connectivity index (χ2n) is 9.07. The molecule has 192 valence electrons. The molecule has 1 aliphatic rings. The molecule has 0 amide bonds. The summed E-state index contributed by atoms with van der Waals surface area (Å²) in [7, 11) is 0. The first-order valence-electron chi connectivity index (χ1n) is 11.5. The van der Waals surface area contributed by atoms with Crippen molar-refractivity contribution in [2.24, 2.45) is 5.92 Å². The van der Waals surface area contributed by atoms with Crippen molar-refractivity contribution < 1.29 is 40.2 Å². The van der Waals surface area contributed by atoms with Gasteiger partial charge in [0, 0.05) is 0 Å². The second-order valence-corrected chi connectivity index (χ2v) is 9.07. The Labute approximate surface area is 203 Å². The summed E-state index contributed by atoms with van der Waals surface area (Å²) in [5.41, 5.74) is 0.0601. The highest BCUT2D eigenvalue weighted by atomic mass is 19.4. The van der Waals surface area contributed by atoms with Gasteiger partial charge in [0.05, 0.1) is 5.56 Å². The Bertz CT molecular complexity index is 1170. The van der Waals surface area contributed by atoms with Gasteiger partial charge in [0.2, 0.25) is 0 Å². The van der Waals surface area contributed by atoms with Gasteiger partial charge in [-0.05, 0) is 77.8 Å². The molecule has 3 aromatic carbocycles. The van der Waals surface area contributed by atoms with Gasteiger partial charge in [0.1, 0.15) is 24.0 Å². The van der Waals surface area contributed by atoms with Crippen LogP contribution in [0.25, 0.3) is 11.1 Å². The largest absolute Gasteiger partial charge is 0.573 e. The molecular formula is C27H23F7O2. The van der Waals surface area contributed by atoms with E-state index in [1.54, 1.807) is 0 Å². The van der Waals surface area contributed by atoms with E-state index >= 15 is 0 Å². The molecule has 0 radical (unpaired) electrons. The summed E-state index contributed by atoms with van der Waals surface area (Å²) in [5.74, 6) is -4.30. The summed E-state index contributed by atoms with van der Waals surface area (Å²) in [6, 6.07) is 8.39. The molecule has 2 nitrogen and oxygen atoms in total. The van der Waals surface area contributed by atoms with E-state index in [2.05, 4.69) is 11.7 Å². The maximum atomic E-state index is 14.7. The minimum atomic E-state index is -4.90. The predicted octanol–water partition coefficient (Wildman–Crippen LogP) is 8.68. The minimum Gasteiger partial charge on any atom is -0.483 e. The highest BCUT2D eigenvalue weighted by molar-refractivity contribution is 5.66. The smallest absolute Gasteiger partial charge is 0.483 e. The third-order valence-corrected chi connectivity index (χ3v) is 6.37. The molecule has 0 heterocycles. The monoisotopic (exact) mass is 512 g/mol. The van der Waals surface area contributed by atoms with Crippen molar-refractivity contribution in [2.45, 2.75) is 51.5 Å². The van der Waals surface area contributed by atoms with E-state index in [4.69, 9.17) is 4.74 Å². The average Bonchev–Trinajstić information content (AvgIpc) is 2.78. The van der Waals surface area contributed by atoms with Crippen molar-refractivity contribution in [1.29, 1.82) is 0 Å². The van der Waals surface area contributed by atoms with Gasteiger partial charge in [-0.2, -0.15) is 0 Å². The maximum Gasteiger partial charge on any atom is 0.573 e. The van der Waals surface area contributed by atoms with Crippen molar-refractivity contribution >= 4 is 0 Å². The van der Waals surface area contributed by atoms with Gasteiger partial charge in [-0.15, -0.1) is 13.2 Å². The number of benzene rings is 3. The van der Waals surface area contributed by atoms with Crippen molar-refractivity contribution in [2.75, 3.05) is 0 Å². The van der Waals surface area contributed by atoms with Crippen LogP contribution in [-0.2, 0) is 6.61 Å². The van der Waals surface area contributed by atoms with Crippen molar-refractivity contribution in [1.82, 2.24) is 0 Å². The molecule has 4 rings (SSSR count). The molecule has 1 aliphatic carbocycles. The second kappa shape index (κ2) is 10.4. The van der Waals surface area contributed by atoms with Crippen molar-refractivity contribution in [3.05, 3.63) is 82.9 Å². The topological polar surface area (TPSA) is 18.5 Å². The average molecular weight is 512 g/mol. The van der Waals surface area contributed by atoms with E-state index in [0.717, 1.165) is 62.1 Å². The summed E-state index contributed by atoms with van der Waals surface area (Å²) < 4.78 is 104. The van der Waals surface area contributed by atoms with Gasteiger partial charge in [-0.1, -0.05) is 31.9 Å². The van der Waals surface area contributed by atoms with E-state index in [9.17, 15) is 30.7 Å². The summed E-state index contributed by atoms with van der Waals surface area (Å²) in [4.78, 5) is 0. The summed E-state index contributed by atoms with van der Waals surface area (Å²) in [5, 5.41) is 0. The van der Waals surface area contributed by atoms with E-state index in [1.165, 1.54) is 12.1 Å². The van der Waals surface area contributed by atoms with Crippen LogP contribution in [0, 0.1) is 29.2 Å². The Hall–Kier alpha value is -3.23. The third-order valence-electron chi connectivity index (χ3n) is 6.37. The Kier molecular flexibility index (Phi) is 7.47.